The lowest BCUT2D eigenvalue weighted by molar-refractivity contribution is -0.117. The van der Waals surface area contributed by atoms with Gasteiger partial charge in [-0.2, -0.15) is 0 Å². The Morgan fingerprint density at radius 2 is 1.94 bits per heavy atom. The maximum absolute atomic E-state index is 13.1. The molecule has 1 saturated heterocycles. The summed E-state index contributed by atoms with van der Waals surface area (Å²) in [7, 11) is 3.23. The van der Waals surface area contributed by atoms with Crippen LogP contribution >= 0.6 is 0 Å². The average Bonchev–Trinajstić information content (AvgIpc) is 3.18. The van der Waals surface area contributed by atoms with Crippen molar-refractivity contribution in [2.75, 3.05) is 27.4 Å². The number of nitrogens with one attached hydrogen (secondary N) is 2. The first-order valence-electron chi connectivity index (χ1n) is 10.8. The van der Waals surface area contributed by atoms with Crippen molar-refractivity contribution in [2.45, 2.75) is 32.7 Å². The summed E-state index contributed by atoms with van der Waals surface area (Å²) in [6.07, 6.45) is 7.16. The van der Waals surface area contributed by atoms with Crippen LogP contribution in [0.25, 0.3) is 0 Å². The van der Waals surface area contributed by atoms with Crippen molar-refractivity contribution >= 4 is 11.8 Å². The Kier molecular flexibility index (Phi) is 7.69. The predicted molar refractivity (Wildman–Crippen MR) is 121 cm³/mol. The van der Waals surface area contributed by atoms with Gasteiger partial charge in [0.1, 0.15) is 5.75 Å². The molecule has 31 heavy (non-hydrogen) atoms. The van der Waals surface area contributed by atoms with Crippen LogP contribution in [-0.2, 0) is 20.7 Å². The highest BCUT2D eigenvalue weighted by molar-refractivity contribution is 6.01. The first kappa shape index (κ1) is 22.8. The minimum atomic E-state index is -0.204. The van der Waals surface area contributed by atoms with Crippen molar-refractivity contribution in [1.82, 2.24) is 10.6 Å². The van der Waals surface area contributed by atoms with Crippen molar-refractivity contribution in [2.24, 2.45) is 11.8 Å². The Morgan fingerprint density at radius 1 is 1.19 bits per heavy atom. The molecular formula is C25H32N2O4. The molecule has 0 radical (unpaired) electrons. The summed E-state index contributed by atoms with van der Waals surface area (Å²) < 4.78 is 10.8. The second kappa shape index (κ2) is 10.4. The zero-order valence-electron chi connectivity index (χ0n) is 18.7. The highest BCUT2D eigenvalue weighted by Gasteiger charge is 2.54. The third-order valence-corrected chi connectivity index (χ3v) is 5.82. The van der Waals surface area contributed by atoms with Crippen LogP contribution in [0.4, 0.5) is 0 Å². The Morgan fingerprint density at radius 3 is 2.58 bits per heavy atom. The van der Waals surface area contributed by atoms with E-state index in [0.29, 0.717) is 42.6 Å². The molecule has 1 saturated carbocycles. The minimum Gasteiger partial charge on any atom is -0.497 e. The van der Waals surface area contributed by atoms with E-state index in [1.807, 2.05) is 30.3 Å². The molecule has 1 aliphatic heterocycles. The number of fused-ring (bicyclic) bond motifs is 1. The largest absolute Gasteiger partial charge is 0.497 e. The number of hydrogen-bond acceptors (Lipinski definition) is 4. The molecule has 2 aliphatic rings. The maximum atomic E-state index is 13.1. The Balaban J connectivity index is 1.85. The molecule has 2 fully saturated rings. The third kappa shape index (κ3) is 5.85. The molecule has 1 aromatic rings. The number of methoxy groups -OCH3 is 1. The Bertz CT molecular complexity index is 906. The zero-order valence-corrected chi connectivity index (χ0v) is 18.7. The van der Waals surface area contributed by atoms with Crippen LogP contribution in [0, 0.1) is 11.8 Å². The van der Waals surface area contributed by atoms with Crippen LogP contribution in [0.15, 0.2) is 59.2 Å². The number of likely N-dealkylation sites (N-methyl/N-ethyl adjacent to an activating group) is 1. The van der Waals surface area contributed by atoms with Gasteiger partial charge in [-0.15, -0.1) is 0 Å². The number of benzene rings is 1. The fraction of sp³-hybridized carbons (Fsp3) is 0.440. The van der Waals surface area contributed by atoms with Crippen LogP contribution in [0.5, 0.6) is 5.75 Å². The van der Waals surface area contributed by atoms with Crippen molar-refractivity contribution in [3.05, 3.63) is 64.8 Å². The lowest BCUT2D eigenvalue weighted by Crippen LogP contribution is -2.31. The van der Waals surface area contributed by atoms with Gasteiger partial charge in [-0.05, 0) is 55.2 Å². The molecule has 6 heteroatoms. The number of hydrogen-bond donors (Lipinski definition) is 2. The van der Waals surface area contributed by atoms with Crippen LogP contribution in [0.3, 0.4) is 0 Å². The summed E-state index contributed by atoms with van der Waals surface area (Å²) in [6.45, 7) is 5.19. The summed E-state index contributed by atoms with van der Waals surface area (Å²) >= 11 is 0. The molecule has 0 aromatic heterocycles. The minimum absolute atomic E-state index is 0.157. The van der Waals surface area contributed by atoms with Gasteiger partial charge in [0.25, 0.3) is 5.91 Å². The van der Waals surface area contributed by atoms with Crippen molar-refractivity contribution in [3.8, 4) is 5.75 Å². The van der Waals surface area contributed by atoms with Crippen molar-refractivity contribution < 1.29 is 19.1 Å². The van der Waals surface area contributed by atoms with Crippen LogP contribution in [0.1, 0.15) is 25.8 Å². The lowest BCUT2D eigenvalue weighted by atomic mass is 10.00. The zero-order chi connectivity index (χ0) is 22.4. The molecule has 2 N–H and O–H groups in total. The highest BCUT2D eigenvalue weighted by atomic mass is 16.5. The SMILES string of the molecule is CC/C=C(/C=C(\C=C(/C)C(=O)NC)C(=O)NC1C2COCC21)Cc1cccc(OC)c1. The van der Waals surface area contributed by atoms with E-state index in [4.69, 9.17) is 9.47 Å². The van der Waals surface area contributed by atoms with Crippen molar-refractivity contribution in [1.29, 1.82) is 0 Å². The third-order valence-electron chi connectivity index (χ3n) is 5.82. The van der Waals surface area contributed by atoms with Gasteiger partial charge in [0, 0.05) is 36.1 Å². The van der Waals surface area contributed by atoms with Gasteiger partial charge in [-0.1, -0.05) is 25.1 Å². The van der Waals surface area contributed by atoms with Crippen molar-refractivity contribution in [3.63, 3.8) is 0 Å². The molecule has 3 rings (SSSR count). The van der Waals surface area contributed by atoms with E-state index < -0.39 is 0 Å². The van der Waals surface area contributed by atoms with Crippen LogP contribution in [-0.4, -0.2) is 45.2 Å². The van der Waals surface area contributed by atoms with Gasteiger partial charge in [-0.3, -0.25) is 9.59 Å². The van der Waals surface area contributed by atoms with Crippen LogP contribution in [0.2, 0.25) is 0 Å². The van der Waals surface area contributed by atoms with E-state index in [0.717, 1.165) is 23.3 Å². The molecule has 2 amide bonds. The summed E-state index contributed by atoms with van der Waals surface area (Å²) in [4.78, 5) is 25.2. The predicted octanol–water partition coefficient (Wildman–Crippen LogP) is 2.95. The smallest absolute Gasteiger partial charge is 0.251 e. The number of rotatable bonds is 9. The average molecular weight is 425 g/mol. The van der Waals surface area contributed by atoms with Gasteiger partial charge in [-0.25, -0.2) is 0 Å². The molecule has 1 aliphatic carbocycles. The van der Waals surface area contributed by atoms with E-state index in [1.165, 1.54) is 0 Å². The molecule has 2 atom stereocenters. The maximum Gasteiger partial charge on any atom is 0.251 e. The molecule has 2 unspecified atom stereocenters. The van der Waals surface area contributed by atoms with Gasteiger partial charge < -0.3 is 20.1 Å². The molecule has 6 nitrogen and oxygen atoms in total. The second-order valence-corrected chi connectivity index (χ2v) is 8.09. The number of allylic oxidation sites excluding steroid dienone is 3. The number of carbonyl (C=O) groups is 2. The van der Waals surface area contributed by atoms with Gasteiger partial charge in [0.05, 0.1) is 20.3 Å². The normalized spacial score (nSPS) is 23.2. The van der Waals surface area contributed by atoms with Gasteiger partial charge >= 0.3 is 0 Å². The van der Waals surface area contributed by atoms with Gasteiger partial charge in [0.2, 0.25) is 5.91 Å². The molecule has 1 heterocycles. The Hall–Kier alpha value is -2.86. The fourth-order valence-corrected chi connectivity index (χ4v) is 4.02. The topological polar surface area (TPSA) is 76.7 Å². The Labute approximate surface area is 184 Å². The first-order valence-corrected chi connectivity index (χ1v) is 10.8. The number of carbonyl (C=O) groups excluding carboxylic acids is 2. The molecule has 1 aromatic carbocycles. The molecule has 0 bridgehead atoms. The number of amides is 2. The lowest BCUT2D eigenvalue weighted by Gasteiger charge is -2.11. The van der Waals surface area contributed by atoms with E-state index in [2.05, 4.69) is 23.6 Å². The van der Waals surface area contributed by atoms with Gasteiger partial charge in [0.15, 0.2) is 0 Å². The van der Waals surface area contributed by atoms with E-state index in [-0.39, 0.29) is 17.9 Å². The van der Waals surface area contributed by atoms with E-state index in [1.54, 1.807) is 27.2 Å². The quantitative estimate of drug-likeness (QED) is 0.472. The summed E-state index contributed by atoms with van der Waals surface area (Å²) in [6, 6.07) is 8.06. The van der Waals surface area contributed by atoms with Crippen LogP contribution < -0.4 is 15.4 Å². The summed E-state index contributed by atoms with van der Waals surface area (Å²) in [5.41, 5.74) is 3.08. The standard InChI is InChI=1S/C25H32N2O4/c1-5-7-17(11-18-8-6-9-20(13-18)30-4)12-19(10-16(2)24(28)26-3)25(29)27-23-21-14-31-15-22(21)23/h6-10,12-13,21-23H,5,11,14-15H2,1-4H3,(H,26,28)(H,27,29)/b16-10+,17-7+,19-12+. The summed E-state index contributed by atoms with van der Waals surface area (Å²) in [5.74, 6) is 1.26. The summed E-state index contributed by atoms with van der Waals surface area (Å²) in [5, 5.41) is 5.75. The monoisotopic (exact) mass is 424 g/mol. The first-order chi connectivity index (χ1) is 15.0. The van der Waals surface area contributed by atoms with E-state index in [9.17, 15) is 9.59 Å². The fourth-order valence-electron chi connectivity index (χ4n) is 4.02. The van der Waals surface area contributed by atoms with E-state index >= 15 is 0 Å². The second-order valence-electron chi connectivity index (χ2n) is 8.09. The molecular weight excluding hydrogens is 392 g/mol. The molecule has 166 valence electrons. The molecule has 0 spiro atoms. The number of ether oxygens (including phenoxy) is 2. The highest BCUT2D eigenvalue weighted by Crippen LogP contribution is 2.44.